The van der Waals surface area contributed by atoms with E-state index in [0.29, 0.717) is 19.4 Å². The highest BCUT2D eigenvalue weighted by Crippen LogP contribution is 2.32. The molecule has 222 valence electrons. The fraction of sp³-hybridized carbons (Fsp3) is 0.897. The van der Waals surface area contributed by atoms with Gasteiger partial charge >= 0.3 is 11.9 Å². The number of carboxylic acids is 2. The topological polar surface area (TPSA) is 143 Å². The van der Waals surface area contributed by atoms with E-state index in [4.69, 9.17) is 14.3 Å². The monoisotopic (exact) mass is 552 g/mol. The van der Waals surface area contributed by atoms with Gasteiger partial charge in [-0.25, -0.2) is 0 Å². The largest absolute Gasteiger partial charge is 0.481 e. The van der Waals surface area contributed by atoms with E-state index < -0.39 is 23.8 Å². The van der Waals surface area contributed by atoms with E-state index in [1.54, 1.807) is 0 Å². The first-order valence-corrected chi connectivity index (χ1v) is 15.3. The van der Waals surface area contributed by atoms with Crippen LogP contribution in [0.3, 0.4) is 0 Å². The predicted molar refractivity (Wildman–Crippen MR) is 143 cm³/mol. The first-order chi connectivity index (χ1) is 18.9. The summed E-state index contributed by atoms with van der Waals surface area (Å²) in [5.41, 5.74) is 3.16. The van der Waals surface area contributed by atoms with Gasteiger partial charge in [-0.15, -0.1) is 0 Å². The third-order valence-electron chi connectivity index (χ3n) is 9.50. The molecule has 10 heteroatoms. The van der Waals surface area contributed by atoms with E-state index in [-0.39, 0.29) is 48.8 Å². The molecule has 4 N–H and O–H groups in total. The van der Waals surface area contributed by atoms with Crippen LogP contribution in [0.25, 0.3) is 0 Å². The molecule has 4 rings (SSSR count). The highest BCUT2D eigenvalue weighted by atomic mass is 16.7. The molecule has 10 nitrogen and oxygen atoms in total. The summed E-state index contributed by atoms with van der Waals surface area (Å²) in [6, 6.07) is 0.357. The smallest absolute Gasteiger partial charge is 0.307 e. The summed E-state index contributed by atoms with van der Waals surface area (Å²) in [5.74, 6) is -2.80. The van der Waals surface area contributed by atoms with Crippen LogP contribution >= 0.6 is 0 Å². The summed E-state index contributed by atoms with van der Waals surface area (Å²) in [5, 5.41) is 22.0. The number of carbonyl (C=O) groups is 3. The SMILES string of the molecule is O=C(O)C1CCCCC1CONC1CCC(OCOC2CCC(NC(=O)C3CCCCC3C(=O)O)CC2)CC1. The number of hydroxylamine groups is 1. The van der Waals surface area contributed by atoms with E-state index in [1.807, 2.05) is 0 Å². The minimum atomic E-state index is -0.852. The first-order valence-electron chi connectivity index (χ1n) is 15.3. The second-order valence-electron chi connectivity index (χ2n) is 12.2. The molecule has 4 aliphatic carbocycles. The van der Waals surface area contributed by atoms with Crippen LogP contribution in [0.5, 0.6) is 0 Å². The van der Waals surface area contributed by atoms with Crippen molar-refractivity contribution in [1.82, 2.24) is 10.8 Å². The normalized spacial score (nSPS) is 35.7. The Labute approximate surface area is 231 Å². The minimum Gasteiger partial charge on any atom is -0.481 e. The molecule has 0 aliphatic heterocycles. The summed E-state index contributed by atoms with van der Waals surface area (Å²) in [7, 11) is 0. The molecule has 4 aliphatic rings. The standard InChI is InChI=1S/C29H48N2O8/c32-27(25-7-3-4-8-26(25)29(35)36)30-20-9-13-22(14-10-20)37-18-38-23-15-11-21(12-16-23)31-39-17-19-5-1-2-6-24(19)28(33)34/h19-26,31H,1-18H2,(H,30,32)(H,33,34)(H,35,36). The summed E-state index contributed by atoms with van der Waals surface area (Å²) in [4.78, 5) is 41.5. The predicted octanol–water partition coefficient (Wildman–Crippen LogP) is 4.02. The van der Waals surface area contributed by atoms with Crippen LogP contribution in [-0.2, 0) is 28.7 Å². The third-order valence-corrected chi connectivity index (χ3v) is 9.50. The number of amides is 1. The van der Waals surface area contributed by atoms with E-state index in [1.165, 1.54) is 0 Å². The molecule has 4 saturated carbocycles. The molecular weight excluding hydrogens is 504 g/mol. The van der Waals surface area contributed by atoms with Crippen LogP contribution in [0.1, 0.15) is 103 Å². The number of carbonyl (C=O) groups excluding carboxylic acids is 1. The molecule has 0 aromatic rings. The van der Waals surface area contributed by atoms with Crippen molar-refractivity contribution in [3.8, 4) is 0 Å². The van der Waals surface area contributed by atoms with Crippen molar-refractivity contribution in [2.24, 2.45) is 23.7 Å². The Morgan fingerprint density at radius 2 is 1.13 bits per heavy atom. The summed E-state index contributed by atoms with van der Waals surface area (Å²) in [6.07, 6.45) is 14.3. The molecule has 4 fully saturated rings. The van der Waals surface area contributed by atoms with Crippen LogP contribution in [0.2, 0.25) is 0 Å². The number of carboxylic acid groups (broad SMARTS) is 2. The van der Waals surface area contributed by atoms with Crippen molar-refractivity contribution in [3.63, 3.8) is 0 Å². The van der Waals surface area contributed by atoms with Crippen LogP contribution < -0.4 is 10.8 Å². The molecule has 0 spiro atoms. The Balaban J connectivity index is 1.04. The number of aliphatic carboxylic acids is 2. The van der Waals surface area contributed by atoms with Gasteiger partial charge in [-0.3, -0.25) is 14.4 Å². The van der Waals surface area contributed by atoms with Crippen molar-refractivity contribution in [2.75, 3.05) is 13.4 Å². The van der Waals surface area contributed by atoms with Crippen molar-refractivity contribution in [3.05, 3.63) is 0 Å². The number of hydrogen-bond donors (Lipinski definition) is 4. The Bertz CT molecular complexity index is 794. The van der Waals surface area contributed by atoms with Crippen molar-refractivity contribution >= 4 is 17.8 Å². The Morgan fingerprint density at radius 1 is 0.615 bits per heavy atom. The third kappa shape index (κ3) is 9.13. The quantitative estimate of drug-likeness (QED) is 0.208. The zero-order valence-electron chi connectivity index (χ0n) is 23.2. The highest BCUT2D eigenvalue weighted by molar-refractivity contribution is 5.85. The summed E-state index contributed by atoms with van der Waals surface area (Å²) >= 11 is 0. The lowest BCUT2D eigenvalue weighted by Gasteiger charge is -2.33. The van der Waals surface area contributed by atoms with Gasteiger partial charge in [0.2, 0.25) is 5.91 Å². The Kier molecular flexibility index (Phi) is 11.9. The van der Waals surface area contributed by atoms with E-state index in [2.05, 4.69) is 10.8 Å². The maximum atomic E-state index is 12.7. The molecule has 39 heavy (non-hydrogen) atoms. The minimum absolute atomic E-state index is 0.0905. The van der Waals surface area contributed by atoms with Crippen LogP contribution in [0.4, 0.5) is 0 Å². The van der Waals surface area contributed by atoms with Crippen LogP contribution in [0.15, 0.2) is 0 Å². The molecule has 0 radical (unpaired) electrons. The number of rotatable bonds is 12. The van der Waals surface area contributed by atoms with E-state index in [0.717, 1.165) is 89.9 Å². The molecule has 0 bridgehead atoms. The Hall–Kier alpha value is -1.75. The summed E-state index contributed by atoms with van der Waals surface area (Å²) < 4.78 is 12.0. The summed E-state index contributed by atoms with van der Waals surface area (Å²) in [6.45, 7) is 0.734. The number of ether oxygens (including phenoxy) is 2. The number of hydrogen-bond acceptors (Lipinski definition) is 7. The zero-order chi connectivity index (χ0) is 27.6. The first kappa shape index (κ1) is 30.2. The van der Waals surface area contributed by atoms with Gasteiger partial charge in [0.05, 0.1) is 36.6 Å². The second-order valence-corrected chi connectivity index (χ2v) is 12.2. The van der Waals surface area contributed by atoms with Crippen LogP contribution in [0, 0.1) is 23.7 Å². The molecule has 4 unspecified atom stereocenters. The van der Waals surface area contributed by atoms with Crippen molar-refractivity contribution in [1.29, 1.82) is 0 Å². The highest BCUT2D eigenvalue weighted by Gasteiger charge is 2.37. The van der Waals surface area contributed by atoms with Gasteiger partial charge in [0.15, 0.2) is 0 Å². The molecule has 4 atom stereocenters. The van der Waals surface area contributed by atoms with E-state index >= 15 is 0 Å². The van der Waals surface area contributed by atoms with Gasteiger partial charge in [-0.05, 0) is 83.0 Å². The van der Waals surface area contributed by atoms with Gasteiger partial charge in [0.1, 0.15) is 6.79 Å². The van der Waals surface area contributed by atoms with Gasteiger partial charge in [0.25, 0.3) is 0 Å². The van der Waals surface area contributed by atoms with Gasteiger partial charge in [-0.2, -0.15) is 5.48 Å². The fourth-order valence-corrected chi connectivity index (χ4v) is 7.01. The average Bonchev–Trinajstić information content (AvgIpc) is 2.95. The van der Waals surface area contributed by atoms with Crippen molar-refractivity contribution < 1.29 is 38.9 Å². The lowest BCUT2D eigenvalue weighted by molar-refractivity contribution is -0.149. The number of nitrogens with one attached hydrogen (secondary N) is 2. The molecule has 0 saturated heterocycles. The zero-order valence-corrected chi connectivity index (χ0v) is 23.2. The second kappa shape index (κ2) is 15.3. The van der Waals surface area contributed by atoms with Crippen molar-refractivity contribution in [2.45, 2.75) is 127 Å². The maximum absolute atomic E-state index is 12.7. The molecule has 0 aromatic heterocycles. The van der Waals surface area contributed by atoms with Crippen LogP contribution in [-0.4, -0.2) is 65.8 Å². The lowest BCUT2D eigenvalue weighted by Crippen LogP contribution is -2.45. The van der Waals surface area contributed by atoms with Gasteiger partial charge in [-0.1, -0.05) is 25.7 Å². The molecule has 0 aromatic carbocycles. The average molecular weight is 553 g/mol. The fourth-order valence-electron chi connectivity index (χ4n) is 7.01. The lowest BCUT2D eigenvalue weighted by atomic mass is 9.78. The van der Waals surface area contributed by atoms with E-state index in [9.17, 15) is 24.6 Å². The van der Waals surface area contributed by atoms with Gasteiger partial charge in [0, 0.05) is 12.1 Å². The molecule has 1 amide bonds. The van der Waals surface area contributed by atoms with Gasteiger partial charge < -0.3 is 29.8 Å². The molecule has 0 heterocycles. The molecular formula is C29H48N2O8. The Morgan fingerprint density at radius 3 is 1.72 bits per heavy atom. The maximum Gasteiger partial charge on any atom is 0.307 e.